The Hall–Kier alpha value is -4.12. The van der Waals surface area contributed by atoms with E-state index in [2.05, 4.69) is 97.1 Å². The van der Waals surface area contributed by atoms with Gasteiger partial charge in [0.2, 0.25) is 0 Å². The number of hydrogen-bond donors (Lipinski definition) is 0. The highest BCUT2D eigenvalue weighted by atomic mass is 35.5. The van der Waals surface area contributed by atoms with Crippen molar-refractivity contribution >= 4 is 11.6 Å². The molecule has 1 aliphatic carbocycles. The summed E-state index contributed by atoms with van der Waals surface area (Å²) in [5.74, 6) is 0. The second-order valence-corrected chi connectivity index (χ2v) is 9.06. The third-order valence-corrected chi connectivity index (χ3v) is 7.07. The molecule has 0 heterocycles. The quantitative estimate of drug-likeness (QED) is 0.264. The van der Waals surface area contributed by atoms with Gasteiger partial charge in [-0.3, -0.25) is 0 Å². The van der Waals surface area contributed by atoms with Gasteiger partial charge in [0.15, 0.2) is 0 Å². The van der Waals surface area contributed by atoms with Crippen LogP contribution in [0.5, 0.6) is 0 Å². The van der Waals surface area contributed by atoms with E-state index in [1.807, 2.05) is 30.3 Å². The van der Waals surface area contributed by atoms with Crippen LogP contribution in [0.1, 0.15) is 27.8 Å². The molecule has 0 bridgehead atoms. The summed E-state index contributed by atoms with van der Waals surface area (Å²) in [6.45, 7) is 0. The van der Waals surface area contributed by atoms with Crippen molar-refractivity contribution in [2.75, 3.05) is 0 Å². The van der Waals surface area contributed by atoms with Gasteiger partial charge in [0.1, 0.15) is 0 Å². The molecule has 0 amide bonds. The van der Waals surface area contributed by atoms with Crippen LogP contribution in [0.4, 0.5) is 0 Å². The topological polar surface area (TPSA) is 23.8 Å². The molecule has 2 heteroatoms. The Labute approximate surface area is 204 Å². The van der Waals surface area contributed by atoms with Crippen LogP contribution in [0.3, 0.4) is 0 Å². The minimum Gasteiger partial charge on any atom is -0.192 e. The van der Waals surface area contributed by atoms with Crippen LogP contribution in [0.2, 0.25) is 5.02 Å². The highest BCUT2D eigenvalue weighted by Crippen LogP contribution is 2.56. The van der Waals surface area contributed by atoms with Crippen LogP contribution >= 0.6 is 11.6 Å². The molecule has 1 aliphatic rings. The maximum Gasteiger partial charge on any atom is 0.0991 e. The van der Waals surface area contributed by atoms with Crippen molar-refractivity contribution in [3.8, 4) is 28.3 Å². The fourth-order valence-electron chi connectivity index (χ4n) is 5.43. The molecule has 0 N–H and O–H groups in total. The largest absolute Gasteiger partial charge is 0.192 e. The molecule has 0 aromatic heterocycles. The molecule has 0 aliphatic heterocycles. The lowest BCUT2D eigenvalue weighted by atomic mass is 9.67. The Morgan fingerprint density at radius 1 is 0.559 bits per heavy atom. The number of hydrogen-bond acceptors (Lipinski definition) is 1. The van der Waals surface area contributed by atoms with Crippen molar-refractivity contribution in [2.24, 2.45) is 0 Å². The molecule has 5 aromatic carbocycles. The first kappa shape index (κ1) is 20.5. The van der Waals surface area contributed by atoms with E-state index in [1.54, 1.807) is 0 Å². The third kappa shape index (κ3) is 3.00. The number of fused-ring (bicyclic) bond motifs is 3. The molecule has 0 fully saturated rings. The van der Waals surface area contributed by atoms with Gasteiger partial charge in [-0.2, -0.15) is 5.26 Å². The van der Waals surface area contributed by atoms with Gasteiger partial charge in [0.25, 0.3) is 0 Å². The van der Waals surface area contributed by atoms with Gasteiger partial charge in [-0.05, 0) is 74.8 Å². The van der Waals surface area contributed by atoms with Gasteiger partial charge in [-0.15, -0.1) is 0 Å². The summed E-state index contributed by atoms with van der Waals surface area (Å²) >= 11 is 6.32. The van der Waals surface area contributed by atoms with Gasteiger partial charge in [0.05, 0.1) is 17.0 Å². The van der Waals surface area contributed by atoms with Gasteiger partial charge in [-0.25, -0.2) is 0 Å². The molecule has 0 spiro atoms. The van der Waals surface area contributed by atoms with E-state index in [-0.39, 0.29) is 0 Å². The normalized spacial score (nSPS) is 15.9. The smallest absolute Gasteiger partial charge is 0.0991 e. The Morgan fingerprint density at radius 2 is 1.24 bits per heavy atom. The Balaban J connectivity index is 1.71. The molecule has 0 saturated heterocycles. The molecule has 0 radical (unpaired) electrons. The van der Waals surface area contributed by atoms with Crippen molar-refractivity contribution in [3.05, 3.63) is 154 Å². The summed E-state index contributed by atoms with van der Waals surface area (Å²) in [7, 11) is 0. The summed E-state index contributed by atoms with van der Waals surface area (Å²) in [4.78, 5) is 0. The molecule has 6 rings (SSSR count). The second kappa shape index (κ2) is 8.03. The van der Waals surface area contributed by atoms with E-state index in [1.165, 1.54) is 27.8 Å². The summed E-state index contributed by atoms with van der Waals surface area (Å²) in [6, 6.07) is 44.4. The molecule has 1 nitrogen and oxygen atoms in total. The standard InChI is InChI=1S/C32H20ClN/c33-27-13-7-9-24(20-27)23-8-6-12-26(19-23)32(25-10-2-1-3-11-25)30-15-5-4-14-28(30)29-18-22(21-34)16-17-31(29)32/h1-20H. The van der Waals surface area contributed by atoms with E-state index >= 15 is 0 Å². The highest BCUT2D eigenvalue weighted by molar-refractivity contribution is 6.30. The SMILES string of the molecule is N#Cc1ccc2c(c1)-c1ccccc1C2(c1ccccc1)c1cccc(-c2cccc(Cl)c2)c1. The number of nitrogens with zero attached hydrogens (tertiary/aromatic N) is 1. The molecular weight excluding hydrogens is 434 g/mol. The van der Waals surface area contributed by atoms with E-state index in [9.17, 15) is 5.26 Å². The van der Waals surface area contributed by atoms with E-state index < -0.39 is 5.41 Å². The Morgan fingerprint density at radius 3 is 2.03 bits per heavy atom. The van der Waals surface area contributed by atoms with Gasteiger partial charge in [0, 0.05) is 5.02 Å². The summed E-state index contributed by atoms with van der Waals surface area (Å²) in [5.41, 5.74) is 9.50. The molecule has 5 aromatic rings. The van der Waals surface area contributed by atoms with Crippen molar-refractivity contribution in [3.63, 3.8) is 0 Å². The first-order valence-electron chi connectivity index (χ1n) is 11.3. The van der Waals surface area contributed by atoms with Crippen molar-refractivity contribution in [1.82, 2.24) is 0 Å². The molecule has 0 saturated carbocycles. The minimum atomic E-state index is -0.490. The lowest BCUT2D eigenvalue weighted by Crippen LogP contribution is -2.28. The summed E-state index contributed by atoms with van der Waals surface area (Å²) < 4.78 is 0. The van der Waals surface area contributed by atoms with Crippen LogP contribution in [-0.2, 0) is 5.41 Å². The van der Waals surface area contributed by atoms with E-state index in [0.717, 1.165) is 21.7 Å². The predicted octanol–water partition coefficient (Wildman–Crippen LogP) is 8.24. The Kier molecular flexibility index (Phi) is 4.84. The number of rotatable bonds is 3. The molecule has 1 unspecified atom stereocenters. The van der Waals surface area contributed by atoms with Crippen LogP contribution in [0, 0.1) is 11.3 Å². The molecular formula is C32H20ClN. The average Bonchev–Trinajstić information content (AvgIpc) is 3.20. The predicted molar refractivity (Wildman–Crippen MR) is 139 cm³/mol. The van der Waals surface area contributed by atoms with Crippen LogP contribution < -0.4 is 0 Å². The zero-order valence-corrected chi connectivity index (χ0v) is 19.1. The zero-order chi connectivity index (χ0) is 23.1. The number of nitriles is 1. The van der Waals surface area contributed by atoms with Crippen LogP contribution in [-0.4, -0.2) is 0 Å². The lowest BCUT2D eigenvalue weighted by molar-refractivity contribution is 0.768. The van der Waals surface area contributed by atoms with Gasteiger partial charge < -0.3 is 0 Å². The van der Waals surface area contributed by atoms with Gasteiger partial charge >= 0.3 is 0 Å². The first-order valence-corrected chi connectivity index (χ1v) is 11.7. The summed E-state index contributed by atoms with van der Waals surface area (Å²) in [5, 5.41) is 10.3. The zero-order valence-electron chi connectivity index (χ0n) is 18.4. The van der Waals surface area contributed by atoms with Crippen molar-refractivity contribution in [2.45, 2.75) is 5.41 Å². The fourth-order valence-corrected chi connectivity index (χ4v) is 5.62. The highest BCUT2D eigenvalue weighted by Gasteiger charge is 2.46. The number of benzene rings is 5. The maximum atomic E-state index is 9.61. The van der Waals surface area contributed by atoms with Crippen molar-refractivity contribution in [1.29, 1.82) is 5.26 Å². The molecule has 160 valence electrons. The average molecular weight is 454 g/mol. The second-order valence-electron chi connectivity index (χ2n) is 8.62. The van der Waals surface area contributed by atoms with Crippen LogP contribution in [0.15, 0.2) is 121 Å². The molecule has 34 heavy (non-hydrogen) atoms. The van der Waals surface area contributed by atoms with Gasteiger partial charge in [-0.1, -0.05) is 103 Å². The number of halogens is 1. The Bertz CT molecular complexity index is 1580. The minimum absolute atomic E-state index is 0.490. The monoisotopic (exact) mass is 453 g/mol. The summed E-state index contributed by atoms with van der Waals surface area (Å²) in [6.07, 6.45) is 0. The first-order chi connectivity index (χ1) is 16.7. The third-order valence-electron chi connectivity index (χ3n) is 6.83. The van der Waals surface area contributed by atoms with Crippen molar-refractivity contribution < 1.29 is 0 Å². The fraction of sp³-hybridized carbons (Fsp3) is 0.0312. The molecule has 1 atom stereocenters. The van der Waals surface area contributed by atoms with E-state index in [4.69, 9.17) is 11.6 Å². The maximum absolute atomic E-state index is 9.61. The van der Waals surface area contributed by atoms with E-state index in [0.29, 0.717) is 5.56 Å². The van der Waals surface area contributed by atoms with Crippen LogP contribution in [0.25, 0.3) is 22.3 Å². The lowest BCUT2D eigenvalue weighted by Gasteiger charge is -2.34.